The fourth-order valence-corrected chi connectivity index (χ4v) is 3.93. The van der Waals surface area contributed by atoms with Crippen LogP contribution in [0.4, 0.5) is 11.4 Å². The van der Waals surface area contributed by atoms with E-state index < -0.39 is 0 Å². The van der Waals surface area contributed by atoms with Crippen molar-refractivity contribution in [2.45, 2.75) is 25.8 Å². The molecule has 2 aromatic rings. The highest BCUT2D eigenvalue weighted by molar-refractivity contribution is 7.12. The second kappa shape index (κ2) is 8.23. The van der Waals surface area contributed by atoms with Crippen molar-refractivity contribution in [3.63, 3.8) is 0 Å². The number of benzene rings is 1. The number of methoxy groups -OCH3 is 1. The lowest BCUT2D eigenvalue weighted by molar-refractivity contribution is -0.114. The van der Waals surface area contributed by atoms with Crippen LogP contribution in [-0.2, 0) is 4.79 Å². The van der Waals surface area contributed by atoms with E-state index in [4.69, 9.17) is 4.74 Å². The lowest BCUT2D eigenvalue weighted by Gasteiger charge is -2.33. The van der Waals surface area contributed by atoms with Gasteiger partial charge in [-0.2, -0.15) is 0 Å². The van der Waals surface area contributed by atoms with Gasteiger partial charge in [0.05, 0.1) is 12.8 Å². The summed E-state index contributed by atoms with van der Waals surface area (Å²) >= 11 is 1.36. The van der Waals surface area contributed by atoms with Crippen molar-refractivity contribution in [2.75, 3.05) is 30.8 Å². The normalized spacial score (nSPS) is 16.8. The van der Waals surface area contributed by atoms with E-state index in [0.717, 1.165) is 30.8 Å². The summed E-state index contributed by atoms with van der Waals surface area (Å²) in [5.41, 5.74) is 1.61. The molecule has 0 spiro atoms. The maximum atomic E-state index is 12.9. The van der Waals surface area contributed by atoms with Crippen molar-refractivity contribution < 1.29 is 14.3 Å². The Morgan fingerprint density at radius 2 is 2.00 bits per heavy atom. The molecular formula is C19H23N3O3S. The molecule has 6 nitrogen and oxygen atoms in total. The lowest BCUT2D eigenvalue weighted by atomic mass is 10.0. The van der Waals surface area contributed by atoms with Gasteiger partial charge in [-0.15, -0.1) is 11.3 Å². The fraction of sp³-hybridized carbons (Fsp3) is 0.368. The Labute approximate surface area is 157 Å². The minimum Gasteiger partial charge on any atom is -0.497 e. The van der Waals surface area contributed by atoms with Crippen molar-refractivity contribution in [3.8, 4) is 5.75 Å². The Balaban J connectivity index is 1.65. The molecule has 1 aliphatic rings. The highest BCUT2D eigenvalue weighted by Gasteiger charge is 2.26. The largest absolute Gasteiger partial charge is 0.497 e. The van der Waals surface area contributed by atoms with Gasteiger partial charge in [0.1, 0.15) is 10.6 Å². The summed E-state index contributed by atoms with van der Waals surface area (Å²) in [6.07, 6.45) is 1.96. The van der Waals surface area contributed by atoms with Crippen LogP contribution in [0.3, 0.4) is 0 Å². The van der Waals surface area contributed by atoms with Crippen LogP contribution in [0.1, 0.15) is 29.4 Å². The van der Waals surface area contributed by atoms with Crippen molar-refractivity contribution in [1.82, 2.24) is 4.90 Å². The average molecular weight is 373 g/mol. The number of nitrogens with zero attached hydrogens (tertiary/aromatic N) is 1. The third kappa shape index (κ3) is 4.35. The van der Waals surface area contributed by atoms with E-state index in [1.54, 1.807) is 13.2 Å². The smallest absolute Gasteiger partial charge is 0.266 e. The maximum Gasteiger partial charge on any atom is 0.266 e. The Morgan fingerprint density at radius 3 is 2.69 bits per heavy atom. The predicted octanol–water partition coefficient (Wildman–Crippen LogP) is 3.43. The van der Waals surface area contributed by atoms with E-state index in [1.807, 2.05) is 34.5 Å². The molecule has 1 aromatic carbocycles. The van der Waals surface area contributed by atoms with E-state index in [0.29, 0.717) is 17.1 Å². The number of thiophene rings is 1. The number of hydrogen-bond acceptors (Lipinski definition) is 5. The molecular weight excluding hydrogens is 350 g/mol. The molecule has 138 valence electrons. The van der Waals surface area contributed by atoms with Gasteiger partial charge in [0.2, 0.25) is 5.91 Å². The zero-order chi connectivity index (χ0) is 18.5. The molecule has 1 fully saturated rings. The first-order valence-electron chi connectivity index (χ1n) is 8.62. The second-order valence-corrected chi connectivity index (χ2v) is 7.22. The predicted molar refractivity (Wildman–Crippen MR) is 104 cm³/mol. The van der Waals surface area contributed by atoms with E-state index >= 15 is 0 Å². The molecule has 1 saturated heterocycles. The molecule has 3 rings (SSSR count). The van der Waals surface area contributed by atoms with Gasteiger partial charge in [-0.05, 0) is 48.6 Å². The van der Waals surface area contributed by atoms with Crippen molar-refractivity contribution in [1.29, 1.82) is 0 Å². The Kier molecular flexibility index (Phi) is 5.78. The minimum absolute atomic E-state index is 0.0232. The van der Waals surface area contributed by atoms with E-state index in [2.05, 4.69) is 10.6 Å². The zero-order valence-electron chi connectivity index (χ0n) is 15.0. The van der Waals surface area contributed by atoms with Gasteiger partial charge >= 0.3 is 0 Å². The van der Waals surface area contributed by atoms with E-state index in [9.17, 15) is 9.59 Å². The molecule has 2 amide bonds. The van der Waals surface area contributed by atoms with E-state index in [-0.39, 0.29) is 17.9 Å². The van der Waals surface area contributed by atoms with E-state index in [1.165, 1.54) is 18.3 Å². The van der Waals surface area contributed by atoms with Gasteiger partial charge in [-0.3, -0.25) is 9.59 Å². The summed E-state index contributed by atoms with van der Waals surface area (Å²) in [7, 11) is 1.65. The summed E-state index contributed by atoms with van der Waals surface area (Å²) in [6.45, 7) is 2.82. The minimum atomic E-state index is -0.171. The third-order valence-electron chi connectivity index (χ3n) is 4.34. The van der Waals surface area contributed by atoms with Crippen LogP contribution < -0.4 is 15.4 Å². The summed E-state index contributed by atoms with van der Waals surface area (Å²) < 4.78 is 5.18. The van der Waals surface area contributed by atoms with Crippen LogP contribution in [-0.4, -0.2) is 43.0 Å². The number of hydrogen-bond donors (Lipinski definition) is 2. The molecule has 2 heterocycles. The molecule has 26 heavy (non-hydrogen) atoms. The molecule has 0 aliphatic carbocycles. The topological polar surface area (TPSA) is 70.7 Å². The number of nitrogens with one attached hydrogen (secondary N) is 2. The van der Waals surface area contributed by atoms with Crippen LogP contribution in [0.25, 0.3) is 0 Å². The number of amides is 2. The molecule has 1 aliphatic heterocycles. The van der Waals surface area contributed by atoms with Crippen LogP contribution in [0.15, 0.2) is 35.7 Å². The van der Waals surface area contributed by atoms with Crippen LogP contribution in [0, 0.1) is 0 Å². The monoisotopic (exact) mass is 373 g/mol. The van der Waals surface area contributed by atoms with Gasteiger partial charge in [0, 0.05) is 31.7 Å². The molecule has 0 bridgehead atoms. The Bertz CT molecular complexity index is 773. The molecule has 0 radical (unpaired) electrons. The fourth-order valence-electron chi connectivity index (χ4n) is 3.11. The van der Waals surface area contributed by atoms with Crippen molar-refractivity contribution in [2.24, 2.45) is 0 Å². The summed E-state index contributed by atoms with van der Waals surface area (Å²) in [5.74, 6) is 0.624. The standard InChI is InChI=1S/C19H23N3O3S/c1-13(23)20-17-9-11-26-18(17)19(24)22-10-3-4-15(12-22)21-14-5-7-16(25-2)8-6-14/h5-9,11,15,21H,3-4,10,12H2,1-2H3,(H,20,23). The van der Waals surface area contributed by atoms with Gasteiger partial charge in [-0.1, -0.05) is 0 Å². The second-order valence-electron chi connectivity index (χ2n) is 6.31. The number of rotatable bonds is 5. The Morgan fingerprint density at radius 1 is 1.23 bits per heavy atom. The molecule has 0 saturated carbocycles. The molecule has 7 heteroatoms. The first-order chi connectivity index (χ1) is 12.6. The number of carbonyl (C=O) groups is 2. The first kappa shape index (κ1) is 18.3. The first-order valence-corrected chi connectivity index (χ1v) is 9.49. The SMILES string of the molecule is COc1ccc(NC2CCCN(C(=O)c3sccc3NC(C)=O)C2)cc1. The van der Waals surface area contributed by atoms with Crippen molar-refractivity contribution >= 4 is 34.5 Å². The third-order valence-corrected chi connectivity index (χ3v) is 5.24. The van der Waals surface area contributed by atoms with Gasteiger partial charge in [0.25, 0.3) is 5.91 Å². The quantitative estimate of drug-likeness (QED) is 0.842. The van der Waals surface area contributed by atoms with Crippen LogP contribution in [0.5, 0.6) is 5.75 Å². The number of carbonyl (C=O) groups excluding carboxylic acids is 2. The van der Waals surface area contributed by atoms with Gasteiger partial charge in [0.15, 0.2) is 0 Å². The van der Waals surface area contributed by atoms with Crippen molar-refractivity contribution in [3.05, 3.63) is 40.6 Å². The number of piperidine rings is 1. The molecule has 1 aromatic heterocycles. The maximum absolute atomic E-state index is 12.9. The molecule has 2 N–H and O–H groups in total. The van der Waals surface area contributed by atoms with Crippen LogP contribution in [0.2, 0.25) is 0 Å². The highest BCUT2D eigenvalue weighted by Crippen LogP contribution is 2.26. The van der Waals surface area contributed by atoms with Crippen LogP contribution >= 0.6 is 11.3 Å². The average Bonchev–Trinajstić information content (AvgIpc) is 3.09. The number of anilines is 2. The van der Waals surface area contributed by atoms with Gasteiger partial charge in [-0.25, -0.2) is 0 Å². The summed E-state index contributed by atoms with van der Waals surface area (Å²) in [5, 5.41) is 8.05. The molecule has 1 unspecified atom stereocenters. The lowest BCUT2D eigenvalue weighted by Crippen LogP contribution is -2.45. The Hall–Kier alpha value is -2.54. The summed E-state index contributed by atoms with van der Waals surface area (Å²) in [6, 6.07) is 9.77. The highest BCUT2D eigenvalue weighted by atomic mass is 32.1. The number of likely N-dealkylation sites (tertiary alicyclic amines) is 1. The zero-order valence-corrected chi connectivity index (χ0v) is 15.8. The van der Waals surface area contributed by atoms with Gasteiger partial charge < -0.3 is 20.3 Å². The number of ether oxygens (including phenoxy) is 1. The molecule has 1 atom stereocenters. The summed E-state index contributed by atoms with van der Waals surface area (Å²) in [4.78, 5) is 26.6.